The number of piperazine rings is 1. The summed E-state index contributed by atoms with van der Waals surface area (Å²) < 4.78 is 3.94. The SMILES string of the molecule is S=c1sc2c(N3CC[NH+](Cc4ccccc4)CC3)ncnc2n1-c1ccccc1. The zero-order chi connectivity index (χ0) is 19.6. The first-order chi connectivity index (χ1) is 14.3. The van der Waals surface area contributed by atoms with Crippen LogP contribution in [0, 0.1) is 3.95 Å². The molecule has 5 rings (SSSR count). The largest absolute Gasteiger partial charge is 0.344 e. The third kappa shape index (κ3) is 3.69. The van der Waals surface area contributed by atoms with Gasteiger partial charge in [-0.2, -0.15) is 0 Å². The van der Waals surface area contributed by atoms with Crippen molar-refractivity contribution in [1.29, 1.82) is 0 Å². The lowest BCUT2D eigenvalue weighted by atomic mass is 10.2. The van der Waals surface area contributed by atoms with Crippen molar-refractivity contribution in [1.82, 2.24) is 14.5 Å². The van der Waals surface area contributed by atoms with Crippen LogP contribution in [0.2, 0.25) is 0 Å². The van der Waals surface area contributed by atoms with Gasteiger partial charge in [0.25, 0.3) is 0 Å². The van der Waals surface area contributed by atoms with Crippen molar-refractivity contribution < 1.29 is 4.90 Å². The fraction of sp³-hybridized carbons (Fsp3) is 0.227. The van der Waals surface area contributed by atoms with Crippen molar-refractivity contribution in [2.75, 3.05) is 31.1 Å². The van der Waals surface area contributed by atoms with Gasteiger partial charge < -0.3 is 9.80 Å². The number of rotatable bonds is 4. The molecule has 146 valence electrons. The van der Waals surface area contributed by atoms with Crippen LogP contribution in [0.3, 0.4) is 0 Å². The maximum absolute atomic E-state index is 5.68. The molecule has 0 aliphatic carbocycles. The number of hydrogen-bond acceptors (Lipinski definition) is 5. The summed E-state index contributed by atoms with van der Waals surface area (Å²) in [6, 6.07) is 20.9. The van der Waals surface area contributed by atoms with Crippen LogP contribution >= 0.6 is 23.6 Å². The van der Waals surface area contributed by atoms with E-state index in [-0.39, 0.29) is 0 Å². The lowest BCUT2D eigenvalue weighted by molar-refractivity contribution is -0.914. The van der Waals surface area contributed by atoms with Crippen LogP contribution in [0.1, 0.15) is 5.56 Å². The van der Waals surface area contributed by atoms with Gasteiger partial charge in [-0.25, -0.2) is 9.97 Å². The lowest BCUT2D eigenvalue weighted by Gasteiger charge is -2.33. The number of nitrogens with one attached hydrogen (secondary N) is 1. The van der Waals surface area contributed by atoms with Crippen molar-refractivity contribution in [2.45, 2.75) is 6.54 Å². The molecule has 0 saturated carbocycles. The number of para-hydroxylation sites is 1. The smallest absolute Gasteiger partial charge is 0.168 e. The molecule has 7 heteroatoms. The van der Waals surface area contributed by atoms with Gasteiger partial charge in [0.15, 0.2) is 15.4 Å². The number of nitrogens with zero attached hydrogens (tertiary/aromatic N) is 4. The van der Waals surface area contributed by atoms with Gasteiger partial charge in [-0.05, 0) is 24.4 Å². The Morgan fingerprint density at radius 2 is 1.62 bits per heavy atom. The third-order valence-electron chi connectivity index (χ3n) is 5.43. The summed E-state index contributed by atoms with van der Waals surface area (Å²) >= 11 is 7.28. The van der Waals surface area contributed by atoms with Gasteiger partial charge in [0.2, 0.25) is 0 Å². The Bertz CT molecular complexity index is 1160. The van der Waals surface area contributed by atoms with E-state index in [2.05, 4.69) is 61.9 Å². The zero-order valence-corrected chi connectivity index (χ0v) is 17.6. The number of thiazole rings is 1. The van der Waals surface area contributed by atoms with Crippen LogP contribution in [-0.2, 0) is 6.54 Å². The maximum atomic E-state index is 5.68. The number of benzene rings is 2. The van der Waals surface area contributed by atoms with Gasteiger partial charge in [-0.3, -0.25) is 4.57 Å². The second-order valence-corrected chi connectivity index (χ2v) is 8.93. The molecule has 1 aliphatic heterocycles. The van der Waals surface area contributed by atoms with E-state index in [4.69, 9.17) is 12.2 Å². The Morgan fingerprint density at radius 3 is 2.34 bits per heavy atom. The summed E-state index contributed by atoms with van der Waals surface area (Å²) in [7, 11) is 0. The molecule has 1 saturated heterocycles. The molecule has 1 aliphatic rings. The first kappa shape index (κ1) is 18.4. The Hall–Kier alpha value is -2.61. The average Bonchev–Trinajstić information content (AvgIpc) is 3.11. The highest BCUT2D eigenvalue weighted by molar-refractivity contribution is 7.73. The van der Waals surface area contributed by atoms with Crippen LogP contribution < -0.4 is 9.80 Å². The zero-order valence-electron chi connectivity index (χ0n) is 16.0. The Kier molecular flexibility index (Phi) is 5.10. The molecular formula is C22H22N5S2+. The number of fused-ring (bicyclic) bond motifs is 1. The molecule has 0 spiro atoms. The molecule has 0 atom stereocenters. The summed E-state index contributed by atoms with van der Waals surface area (Å²) in [4.78, 5) is 13.2. The summed E-state index contributed by atoms with van der Waals surface area (Å²) in [6.45, 7) is 5.27. The summed E-state index contributed by atoms with van der Waals surface area (Å²) in [5, 5.41) is 0. The Labute approximate surface area is 178 Å². The monoisotopic (exact) mass is 420 g/mol. The highest BCUT2D eigenvalue weighted by Gasteiger charge is 2.24. The van der Waals surface area contributed by atoms with E-state index in [0.29, 0.717) is 0 Å². The van der Waals surface area contributed by atoms with Gasteiger partial charge in [-0.15, -0.1) is 0 Å². The first-order valence-corrected chi connectivity index (χ1v) is 11.1. The van der Waals surface area contributed by atoms with E-state index < -0.39 is 0 Å². The summed E-state index contributed by atoms with van der Waals surface area (Å²) in [5.74, 6) is 1.01. The fourth-order valence-corrected chi connectivity index (χ4v) is 5.36. The van der Waals surface area contributed by atoms with Crippen LogP contribution in [0.5, 0.6) is 0 Å². The minimum atomic E-state index is 0.807. The molecule has 0 unspecified atom stereocenters. The van der Waals surface area contributed by atoms with E-state index in [9.17, 15) is 0 Å². The lowest BCUT2D eigenvalue weighted by Crippen LogP contribution is -3.13. The molecule has 29 heavy (non-hydrogen) atoms. The van der Waals surface area contributed by atoms with Gasteiger partial charge in [-0.1, -0.05) is 59.9 Å². The molecular weight excluding hydrogens is 398 g/mol. The molecule has 1 N–H and O–H groups in total. The van der Waals surface area contributed by atoms with E-state index in [1.54, 1.807) is 22.6 Å². The Balaban J connectivity index is 1.40. The molecule has 2 aromatic heterocycles. The minimum Gasteiger partial charge on any atom is -0.344 e. The molecule has 4 aromatic rings. The molecule has 3 heterocycles. The third-order valence-corrected chi connectivity index (χ3v) is 6.79. The van der Waals surface area contributed by atoms with E-state index in [1.807, 2.05) is 18.2 Å². The minimum absolute atomic E-state index is 0.807. The summed E-state index contributed by atoms with van der Waals surface area (Å²) in [5.41, 5.74) is 3.35. The van der Waals surface area contributed by atoms with Crippen LogP contribution in [0.25, 0.3) is 16.0 Å². The van der Waals surface area contributed by atoms with Crippen LogP contribution in [0.4, 0.5) is 5.82 Å². The highest BCUT2D eigenvalue weighted by Crippen LogP contribution is 2.31. The normalized spacial score (nSPS) is 15.1. The van der Waals surface area contributed by atoms with Gasteiger partial charge in [0.05, 0.1) is 26.2 Å². The number of quaternary nitrogens is 1. The topological polar surface area (TPSA) is 38.4 Å². The van der Waals surface area contributed by atoms with Crippen LogP contribution in [-0.4, -0.2) is 40.7 Å². The van der Waals surface area contributed by atoms with Crippen molar-refractivity contribution >= 4 is 39.7 Å². The number of hydrogen-bond donors (Lipinski definition) is 1. The van der Waals surface area contributed by atoms with Crippen molar-refractivity contribution in [3.8, 4) is 5.69 Å². The predicted octanol–water partition coefficient (Wildman–Crippen LogP) is 3.12. The number of anilines is 1. The van der Waals surface area contributed by atoms with Crippen LogP contribution in [0.15, 0.2) is 67.0 Å². The van der Waals surface area contributed by atoms with E-state index in [1.165, 1.54) is 5.56 Å². The molecule has 1 fully saturated rings. The molecule has 0 radical (unpaired) electrons. The maximum Gasteiger partial charge on any atom is 0.168 e. The standard InChI is InChI=1S/C22H21N5S2/c28-22-27(18-9-5-2-6-10-18)21-19(29-22)20(23-16-24-21)26-13-11-25(12-14-26)15-17-7-3-1-4-8-17/h1-10,16H,11-15H2/p+1. The van der Waals surface area contributed by atoms with Crippen molar-refractivity contribution in [2.24, 2.45) is 0 Å². The average molecular weight is 421 g/mol. The fourth-order valence-electron chi connectivity index (χ4n) is 3.95. The summed E-state index contributed by atoms with van der Waals surface area (Å²) in [6.07, 6.45) is 1.67. The molecule has 0 bridgehead atoms. The van der Waals surface area contributed by atoms with Gasteiger partial charge >= 0.3 is 0 Å². The second kappa shape index (κ2) is 8.02. The first-order valence-electron chi connectivity index (χ1n) is 9.84. The highest BCUT2D eigenvalue weighted by atomic mass is 32.1. The molecule has 5 nitrogen and oxygen atoms in total. The molecule has 0 amide bonds. The van der Waals surface area contributed by atoms with Gasteiger partial charge in [0, 0.05) is 11.3 Å². The Morgan fingerprint density at radius 1 is 0.931 bits per heavy atom. The second-order valence-electron chi connectivity index (χ2n) is 7.29. The quantitative estimate of drug-likeness (QED) is 0.515. The van der Waals surface area contributed by atoms with E-state index >= 15 is 0 Å². The number of aromatic nitrogens is 3. The van der Waals surface area contributed by atoms with Crippen molar-refractivity contribution in [3.63, 3.8) is 0 Å². The van der Waals surface area contributed by atoms with Gasteiger partial charge in [0.1, 0.15) is 17.6 Å². The molecule has 2 aromatic carbocycles. The predicted molar refractivity (Wildman–Crippen MR) is 121 cm³/mol. The van der Waals surface area contributed by atoms with E-state index in [0.717, 1.165) is 58.5 Å². The van der Waals surface area contributed by atoms with Crippen molar-refractivity contribution in [3.05, 3.63) is 76.5 Å².